The lowest BCUT2D eigenvalue weighted by molar-refractivity contribution is -0.132. The molecule has 20 heavy (non-hydrogen) atoms. The van der Waals surface area contributed by atoms with Crippen LogP contribution in [0.25, 0.3) is 11.2 Å². The van der Waals surface area contributed by atoms with Gasteiger partial charge in [0, 0.05) is 0 Å². The number of hydrogen-bond acceptors (Lipinski definition) is 7. The number of aliphatic hydroxyl groups is 3. The minimum atomic E-state index is -1.25. The van der Waals surface area contributed by atoms with E-state index in [4.69, 9.17) is 4.74 Å². The average Bonchev–Trinajstić information content (AvgIpc) is 2.96. The minimum Gasteiger partial charge on any atom is -0.394 e. The van der Waals surface area contributed by atoms with E-state index in [1.54, 1.807) is 18.4 Å². The quantitative estimate of drug-likeness (QED) is 0.641. The van der Waals surface area contributed by atoms with Gasteiger partial charge in [0.25, 0.3) is 0 Å². The van der Waals surface area contributed by atoms with E-state index in [1.165, 1.54) is 12.7 Å². The molecule has 8 nitrogen and oxygen atoms in total. The summed E-state index contributed by atoms with van der Waals surface area (Å²) < 4.78 is 7.18. The fraction of sp³-hybridized carbons (Fsp3) is 0.583. The Balaban J connectivity index is 2.13. The van der Waals surface area contributed by atoms with Crippen LogP contribution in [0.4, 0.5) is 0 Å². The van der Waals surface area contributed by atoms with Crippen LogP contribution in [-0.4, -0.2) is 59.8 Å². The first-order valence-electron chi connectivity index (χ1n) is 6.29. The highest BCUT2D eigenvalue weighted by Crippen LogP contribution is 2.36. The van der Waals surface area contributed by atoms with Gasteiger partial charge in [0.2, 0.25) is 0 Å². The van der Waals surface area contributed by atoms with Crippen molar-refractivity contribution in [1.29, 1.82) is 0 Å². The van der Waals surface area contributed by atoms with E-state index in [-0.39, 0.29) is 6.61 Å². The molecule has 1 fully saturated rings. The summed E-state index contributed by atoms with van der Waals surface area (Å²) in [5.41, 5.74) is 0.572. The molecule has 0 spiro atoms. The van der Waals surface area contributed by atoms with Gasteiger partial charge < -0.3 is 20.1 Å². The topological polar surface area (TPSA) is 114 Å². The molecule has 0 aliphatic carbocycles. The minimum absolute atomic E-state index is 0.380. The first kappa shape index (κ1) is 13.4. The number of aliphatic hydroxyl groups excluding tert-OH is 3. The average molecular weight is 280 g/mol. The zero-order chi connectivity index (χ0) is 14.5. The number of rotatable bonds is 2. The summed E-state index contributed by atoms with van der Waals surface area (Å²) in [6, 6.07) is 0. The van der Waals surface area contributed by atoms with Crippen molar-refractivity contribution in [2.75, 3.05) is 6.61 Å². The van der Waals surface area contributed by atoms with Gasteiger partial charge in [-0.2, -0.15) is 0 Å². The van der Waals surface area contributed by atoms with Crippen LogP contribution < -0.4 is 0 Å². The van der Waals surface area contributed by atoms with Gasteiger partial charge in [-0.15, -0.1) is 0 Å². The van der Waals surface area contributed by atoms with Crippen molar-refractivity contribution >= 4 is 11.2 Å². The highest BCUT2D eigenvalue weighted by Gasteiger charge is 2.52. The third-order valence-electron chi connectivity index (χ3n) is 3.82. The third-order valence-corrected chi connectivity index (χ3v) is 3.82. The maximum atomic E-state index is 10.2. The molecule has 0 bridgehead atoms. The molecule has 8 heteroatoms. The number of ether oxygens (including phenoxy) is 1. The van der Waals surface area contributed by atoms with Crippen LogP contribution >= 0.6 is 0 Å². The number of imidazole rings is 1. The van der Waals surface area contributed by atoms with Crippen LogP contribution in [-0.2, 0) is 10.5 Å². The van der Waals surface area contributed by atoms with Crippen LogP contribution in [0, 0.1) is 6.92 Å². The van der Waals surface area contributed by atoms with Gasteiger partial charge in [-0.3, -0.25) is 4.57 Å². The van der Waals surface area contributed by atoms with Crippen LogP contribution in [0.5, 0.6) is 0 Å². The molecular formula is C12H16N4O4. The van der Waals surface area contributed by atoms with Crippen LogP contribution in [0.15, 0.2) is 12.7 Å². The van der Waals surface area contributed by atoms with Crippen molar-refractivity contribution in [3.63, 3.8) is 0 Å². The number of fused-ring (bicyclic) bond motifs is 1. The maximum absolute atomic E-state index is 10.2. The van der Waals surface area contributed by atoms with Gasteiger partial charge in [0.15, 0.2) is 11.4 Å². The van der Waals surface area contributed by atoms with Gasteiger partial charge in [-0.05, 0) is 13.8 Å². The van der Waals surface area contributed by atoms with E-state index >= 15 is 0 Å². The third kappa shape index (κ3) is 1.66. The lowest BCUT2D eigenvalue weighted by Crippen LogP contribution is -2.43. The summed E-state index contributed by atoms with van der Waals surface area (Å²) in [5.74, 6) is 0. The molecule has 1 aliphatic rings. The smallest absolute Gasteiger partial charge is 0.173 e. The summed E-state index contributed by atoms with van der Waals surface area (Å²) in [4.78, 5) is 12.4. The fourth-order valence-electron chi connectivity index (χ4n) is 2.59. The Bertz CT molecular complexity index is 645. The van der Waals surface area contributed by atoms with Gasteiger partial charge in [0.05, 0.1) is 18.6 Å². The Morgan fingerprint density at radius 2 is 2.10 bits per heavy atom. The molecule has 3 rings (SSSR count). The number of nitrogens with zero attached hydrogens (tertiary/aromatic N) is 4. The first-order valence-corrected chi connectivity index (χ1v) is 6.29. The number of aromatic nitrogens is 4. The maximum Gasteiger partial charge on any atom is 0.173 e. The molecule has 0 aromatic carbocycles. The molecule has 0 radical (unpaired) electrons. The van der Waals surface area contributed by atoms with E-state index in [9.17, 15) is 15.3 Å². The molecule has 2 aromatic rings. The van der Waals surface area contributed by atoms with Crippen molar-refractivity contribution in [3.05, 3.63) is 18.3 Å². The van der Waals surface area contributed by atoms with E-state index < -0.39 is 24.0 Å². The summed E-state index contributed by atoms with van der Waals surface area (Å²) in [7, 11) is 0. The van der Waals surface area contributed by atoms with Crippen molar-refractivity contribution in [3.8, 4) is 0 Å². The summed E-state index contributed by atoms with van der Waals surface area (Å²) in [6.07, 6.45) is -0.337. The standard InChI is InChI=1S/C12H16N4O4/c1-6-8-11(14-4-13-6)16(5-15-8)12(2)10(19)9(18)7(3-17)20-12/h4-5,7,9-10,17-19H,3H2,1-2H3/t7-,9-,10-,12-/m1/s1. The second-order valence-corrected chi connectivity index (χ2v) is 5.07. The molecule has 0 unspecified atom stereocenters. The predicted molar refractivity (Wildman–Crippen MR) is 67.7 cm³/mol. The second-order valence-electron chi connectivity index (χ2n) is 5.07. The van der Waals surface area contributed by atoms with Crippen molar-refractivity contribution in [2.45, 2.75) is 37.9 Å². The Morgan fingerprint density at radius 3 is 2.75 bits per heavy atom. The molecular weight excluding hydrogens is 264 g/mol. The van der Waals surface area contributed by atoms with E-state index in [0.29, 0.717) is 16.9 Å². The van der Waals surface area contributed by atoms with Gasteiger partial charge in [-0.25, -0.2) is 15.0 Å². The zero-order valence-electron chi connectivity index (χ0n) is 11.1. The SMILES string of the molecule is Cc1ncnc2c1ncn2[C@]1(C)O[C@H](CO)[C@@H](O)[C@H]1O. The van der Waals surface area contributed by atoms with Gasteiger partial charge >= 0.3 is 0 Å². The fourth-order valence-corrected chi connectivity index (χ4v) is 2.59. The number of hydrogen-bond donors (Lipinski definition) is 3. The molecule has 3 heterocycles. The Morgan fingerprint density at radius 1 is 1.35 bits per heavy atom. The van der Waals surface area contributed by atoms with Crippen LogP contribution in [0.1, 0.15) is 12.6 Å². The summed E-state index contributed by atoms with van der Waals surface area (Å²) in [5, 5.41) is 29.4. The lowest BCUT2D eigenvalue weighted by Gasteiger charge is -2.29. The Kier molecular flexibility index (Phi) is 2.98. The lowest BCUT2D eigenvalue weighted by atomic mass is 10.0. The van der Waals surface area contributed by atoms with Gasteiger partial charge in [-0.1, -0.05) is 0 Å². The van der Waals surface area contributed by atoms with Gasteiger partial charge in [0.1, 0.15) is 30.2 Å². The van der Waals surface area contributed by atoms with Crippen molar-refractivity contribution in [2.24, 2.45) is 0 Å². The molecule has 1 saturated heterocycles. The zero-order valence-corrected chi connectivity index (χ0v) is 11.1. The summed E-state index contributed by atoms with van der Waals surface area (Å²) >= 11 is 0. The van der Waals surface area contributed by atoms with E-state index in [0.717, 1.165) is 0 Å². The Hall–Kier alpha value is -1.61. The molecule has 1 aliphatic heterocycles. The van der Waals surface area contributed by atoms with Crippen LogP contribution in [0.2, 0.25) is 0 Å². The second kappa shape index (κ2) is 4.45. The van der Waals surface area contributed by atoms with E-state index in [2.05, 4.69) is 15.0 Å². The molecule has 4 atom stereocenters. The van der Waals surface area contributed by atoms with Crippen molar-refractivity contribution < 1.29 is 20.1 Å². The highest BCUT2D eigenvalue weighted by molar-refractivity contribution is 5.73. The molecule has 0 amide bonds. The van der Waals surface area contributed by atoms with Crippen molar-refractivity contribution in [1.82, 2.24) is 19.5 Å². The molecule has 2 aromatic heterocycles. The molecule has 0 saturated carbocycles. The first-order chi connectivity index (χ1) is 9.49. The Labute approximate surface area is 114 Å². The largest absolute Gasteiger partial charge is 0.394 e. The van der Waals surface area contributed by atoms with Crippen LogP contribution in [0.3, 0.4) is 0 Å². The monoisotopic (exact) mass is 280 g/mol. The highest BCUT2D eigenvalue weighted by atomic mass is 16.6. The molecule has 108 valence electrons. The number of aryl methyl sites for hydroxylation is 1. The molecule has 3 N–H and O–H groups in total. The summed E-state index contributed by atoms with van der Waals surface area (Å²) in [6.45, 7) is 3.05. The normalized spacial score (nSPS) is 34.0. The van der Waals surface area contributed by atoms with E-state index in [1.807, 2.05) is 0 Å². The predicted octanol–water partition coefficient (Wildman–Crippen LogP) is -1.08.